The minimum atomic E-state index is 0.0367. The Morgan fingerprint density at radius 1 is 1.40 bits per heavy atom. The molecule has 2 saturated heterocycles. The second-order valence-electron chi connectivity index (χ2n) is 7.27. The lowest BCUT2D eigenvalue weighted by Crippen LogP contribution is -2.31. The minimum absolute atomic E-state index is 0.0367. The van der Waals surface area contributed by atoms with Gasteiger partial charge in [-0.25, -0.2) is 4.98 Å². The van der Waals surface area contributed by atoms with Gasteiger partial charge >= 0.3 is 0 Å². The van der Waals surface area contributed by atoms with E-state index in [0.29, 0.717) is 19.1 Å². The van der Waals surface area contributed by atoms with Crippen molar-refractivity contribution < 1.29 is 14.3 Å². The summed E-state index contributed by atoms with van der Waals surface area (Å²) < 4.78 is 11.9. The number of likely N-dealkylation sites (tertiary alicyclic amines) is 1. The van der Waals surface area contributed by atoms with Gasteiger partial charge in [0.1, 0.15) is 6.10 Å². The SMILES string of the molecule is C[C@@H]1CC[C@H](CCC(=O)N2CC[C@H](Oc3cccnc3N(C)C)C2)O1. The number of carbonyl (C=O) groups is 1. The fourth-order valence-electron chi connectivity index (χ4n) is 3.58. The van der Waals surface area contributed by atoms with E-state index in [4.69, 9.17) is 9.47 Å². The van der Waals surface area contributed by atoms with Gasteiger partial charge in [0.05, 0.1) is 18.8 Å². The number of aromatic nitrogens is 1. The Labute approximate surface area is 150 Å². The molecule has 0 spiro atoms. The highest BCUT2D eigenvalue weighted by atomic mass is 16.5. The van der Waals surface area contributed by atoms with Crippen molar-refractivity contribution in [3.8, 4) is 5.75 Å². The Morgan fingerprint density at radius 3 is 2.96 bits per heavy atom. The van der Waals surface area contributed by atoms with E-state index < -0.39 is 0 Å². The Kier molecular flexibility index (Phi) is 5.78. The molecule has 1 aromatic rings. The van der Waals surface area contributed by atoms with Gasteiger partial charge in [-0.1, -0.05) is 0 Å². The number of anilines is 1. The van der Waals surface area contributed by atoms with Crippen LogP contribution in [0.4, 0.5) is 5.82 Å². The highest BCUT2D eigenvalue weighted by Gasteiger charge is 2.29. The molecule has 2 fully saturated rings. The molecule has 0 saturated carbocycles. The number of pyridine rings is 1. The van der Waals surface area contributed by atoms with Crippen LogP contribution in [-0.4, -0.2) is 61.3 Å². The predicted octanol–water partition coefficient (Wildman–Crippen LogP) is 2.48. The summed E-state index contributed by atoms with van der Waals surface area (Å²) >= 11 is 0. The maximum absolute atomic E-state index is 12.5. The number of nitrogens with zero attached hydrogens (tertiary/aromatic N) is 3. The number of amides is 1. The average molecular weight is 347 g/mol. The van der Waals surface area contributed by atoms with Crippen LogP contribution in [0.5, 0.6) is 5.75 Å². The van der Waals surface area contributed by atoms with Crippen LogP contribution in [0, 0.1) is 0 Å². The van der Waals surface area contributed by atoms with E-state index in [1.54, 1.807) is 6.20 Å². The van der Waals surface area contributed by atoms with Gasteiger partial charge in [0.15, 0.2) is 11.6 Å². The van der Waals surface area contributed by atoms with Crippen molar-refractivity contribution in [2.24, 2.45) is 0 Å². The maximum atomic E-state index is 12.5. The van der Waals surface area contributed by atoms with Gasteiger partial charge in [-0.2, -0.15) is 0 Å². The molecule has 2 aliphatic rings. The smallest absolute Gasteiger partial charge is 0.222 e. The molecule has 138 valence electrons. The van der Waals surface area contributed by atoms with E-state index in [9.17, 15) is 4.79 Å². The van der Waals surface area contributed by atoms with Gasteiger partial charge in [0, 0.05) is 39.7 Å². The lowest BCUT2D eigenvalue weighted by atomic mass is 10.1. The third-order valence-electron chi connectivity index (χ3n) is 4.97. The van der Waals surface area contributed by atoms with Crippen LogP contribution >= 0.6 is 0 Å². The number of hydrogen-bond donors (Lipinski definition) is 0. The quantitative estimate of drug-likeness (QED) is 0.791. The van der Waals surface area contributed by atoms with Crippen molar-refractivity contribution in [2.75, 3.05) is 32.1 Å². The van der Waals surface area contributed by atoms with E-state index in [2.05, 4.69) is 11.9 Å². The van der Waals surface area contributed by atoms with Crippen LogP contribution in [0.15, 0.2) is 18.3 Å². The molecule has 0 radical (unpaired) electrons. The number of carbonyl (C=O) groups excluding carboxylic acids is 1. The fraction of sp³-hybridized carbons (Fsp3) is 0.684. The predicted molar refractivity (Wildman–Crippen MR) is 97.0 cm³/mol. The zero-order valence-corrected chi connectivity index (χ0v) is 15.5. The van der Waals surface area contributed by atoms with Crippen molar-refractivity contribution in [3.63, 3.8) is 0 Å². The maximum Gasteiger partial charge on any atom is 0.222 e. The standard InChI is InChI=1S/C19H29N3O3/c1-14-6-7-15(24-14)8-9-18(23)22-12-10-16(13-22)25-17-5-4-11-20-19(17)21(2)3/h4-5,11,14-16H,6-10,12-13H2,1-3H3/t14-,15-,16+/m1/s1. The monoisotopic (exact) mass is 347 g/mol. The molecule has 3 rings (SSSR count). The largest absolute Gasteiger partial charge is 0.485 e. The molecular weight excluding hydrogens is 318 g/mol. The van der Waals surface area contributed by atoms with Crippen molar-refractivity contribution in [2.45, 2.75) is 57.3 Å². The minimum Gasteiger partial charge on any atom is -0.485 e. The Hall–Kier alpha value is -1.82. The molecule has 6 nitrogen and oxygen atoms in total. The third kappa shape index (κ3) is 4.63. The zero-order valence-electron chi connectivity index (χ0n) is 15.5. The lowest BCUT2D eigenvalue weighted by Gasteiger charge is -2.20. The Balaban J connectivity index is 1.47. The summed E-state index contributed by atoms with van der Waals surface area (Å²) in [6.45, 7) is 3.52. The molecule has 6 heteroatoms. The molecule has 0 aliphatic carbocycles. The normalized spacial score (nSPS) is 26.0. The zero-order chi connectivity index (χ0) is 17.8. The molecule has 0 N–H and O–H groups in total. The number of hydrogen-bond acceptors (Lipinski definition) is 5. The summed E-state index contributed by atoms with van der Waals surface area (Å²) in [4.78, 5) is 20.7. The fourth-order valence-corrected chi connectivity index (χ4v) is 3.58. The molecule has 25 heavy (non-hydrogen) atoms. The van der Waals surface area contributed by atoms with Gasteiger partial charge in [-0.05, 0) is 38.3 Å². The second kappa shape index (κ2) is 8.04. The molecule has 3 atom stereocenters. The summed E-state index contributed by atoms with van der Waals surface area (Å²) in [5, 5.41) is 0. The lowest BCUT2D eigenvalue weighted by molar-refractivity contribution is -0.131. The van der Waals surface area contributed by atoms with E-state index in [-0.39, 0.29) is 18.1 Å². The van der Waals surface area contributed by atoms with Crippen molar-refractivity contribution in [1.82, 2.24) is 9.88 Å². The average Bonchev–Trinajstić information content (AvgIpc) is 3.22. The summed E-state index contributed by atoms with van der Waals surface area (Å²) in [5.74, 6) is 1.81. The molecule has 0 bridgehead atoms. The van der Waals surface area contributed by atoms with Crippen molar-refractivity contribution >= 4 is 11.7 Å². The molecule has 1 aromatic heterocycles. The van der Waals surface area contributed by atoms with Crippen molar-refractivity contribution in [3.05, 3.63) is 18.3 Å². The summed E-state index contributed by atoms with van der Waals surface area (Å²) in [7, 11) is 3.90. The first-order chi connectivity index (χ1) is 12.0. The highest BCUT2D eigenvalue weighted by molar-refractivity contribution is 5.76. The first kappa shape index (κ1) is 18.0. The van der Waals surface area contributed by atoms with Gasteiger partial charge in [-0.3, -0.25) is 4.79 Å². The van der Waals surface area contributed by atoms with Crippen LogP contribution in [0.1, 0.15) is 39.0 Å². The van der Waals surface area contributed by atoms with E-state index in [0.717, 1.165) is 43.8 Å². The van der Waals surface area contributed by atoms with Crippen LogP contribution in [0.2, 0.25) is 0 Å². The molecule has 0 unspecified atom stereocenters. The first-order valence-electron chi connectivity index (χ1n) is 9.25. The molecule has 2 aliphatic heterocycles. The van der Waals surface area contributed by atoms with Gasteiger partial charge in [0.25, 0.3) is 0 Å². The summed E-state index contributed by atoms with van der Waals surface area (Å²) in [6.07, 6.45) is 6.85. The van der Waals surface area contributed by atoms with E-state index in [1.165, 1.54) is 0 Å². The van der Waals surface area contributed by atoms with E-state index in [1.807, 2.05) is 36.0 Å². The first-order valence-corrected chi connectivity index (χ1v) is 9.25. The molecule has 3 heterocycles. The number of ether oxygens (including phenoxy) is 2. The van der Waals surface area contributed by atoms with Crippen molar-refractivity contribution in [1.29, 1.82) is 0 Å². The molecule has 0 aromatic carbocycles. The third-order valence-corrected chi connectivity index (χ3v) is 4.97. The second-order valence-corrected chi connectivity index (χ2v) is 7.27. The topological polar surface area (TPSA) is 54.9 Å². The van der Waals surface area contributed by atoms with Gasteiger partial charge in [-0.15, -0.1) is 0 Å². The highest BCUT2D eigenvalue weighted by Crippen LogP contribution is 2.27. The van der Waals surface area contributed by atoms with Crippen LogP contribution in [0.3, 0.4) is 0 Å². The van der Waals surface area contributed by atoms with Crippen LogP contribution in [-0.2, 0) is 9.53 Å². The Morgan fingerprint density at radius 2 is 2.24 bits per heavy atom. The Bertz CT molecular complexity index is 593. The summed E-state index contributed by atoms with van der Waals surface area (Å²) in [6, 6.07) is 3.81. The number of rotatable bonds is 6. The van der Waals surface area contributed by atoms with Crippen LogP contribution in [0.25, 0.3) is 0 Å². The molecule has 1 amide bonds. The van der Waals surface area contributed by atoms with E-state index >= 15 is 0 Å². The van der Waals surface area contributed by atoms with Crippen LogP contribution < -0.4 is 9.64 Å². The van der Waals surface area contributed by atoms with Gasteiger partial charge < -0.3 is 19.3 Å². The summed E-state index contributed by atoms with van der Waals surface area (Å²) in [5.41, 5.74) is 0. The van der Waals surface area contributed by atoms with Gasteiger partial charge in [0.2, 0.25) is 5.91 Å². The molecular formula is C19H29N3O3.